The van der Waals surface area contributed by atoms with E-state index in [4.69, 9.17) is 4.74 Å². The average Bonchev–Trinajstić information content (AvgIpc) is 2.86. The predicted octanol–water partition coefficient (Wildman–Crippen LogP) is 4.60. The number of imidazole rings is 1. The number of halogens is 1. The maximum atomic E-state index is 5.79. The van der Waals surface area contributed by atoms with Crippen molar-refractivity contribution in [3.63, 3.8) is 0 Å². The lowest BCUT2D eigenvalue weighted by Crippen LogP contribution is -2.10. The Hall–Kier alpha value is -1.88. The molecule has 3 rings (SSSR count). The van der Waals surface area contributed by atoms with E-state index in [1.165, 1.54) is 5.56 Å². The molecule has 3 aromatic rings. The van der Waals surface area contributed by atoms with E-state index in [1.807, 2.05) is 18.2 Å². The summed E-state index contributed by atoms with van der Waals surface area (Å²) in [5.74, 6) is 1.60. The van der Waals surface area contributed by atoms with E-state index in [-0.39, 0.29) is 5.41 Å². The molecule has 0 atom stereocenters. The van der Waals surface area contributed by atoms with Crippen molar-refractivity contribution in [1.29, 1.82) is 0 Å². The first kappa shape index (κ1) is 15.0. The molecule has 0 saturated heterocycles. The molecule has 1 aromatic carbocycles. The van der Waals surface area contributed by atoms with Gasteiger partial charge in [0, 0.05) is 10.7 Å². The number of aromatic nitrogens is 3. The van der Waals surface area contributed by atoms with Crippen LogP contribution in [0.5, 0.6) is 5.75 Å². The van der Waals surface area contributed by atoms with Crippen LogP contribution in [0.15, 0.2) is 41.0 Å². The fraction of sp³-hybridized carbons (Fsp3) is 0.294. The number of ether oxygens (including phenoxy) is 1. The molecule has 4 nitrogen and oxygen atoms in total. The molecule has 2 aromatic heterocycles. The molecule has 0 bridgehead atoms. The van der Waals surface area contributed by atoms with Gasteiger partial charge >= 0.3 is 0 Å². The Morgan fingerprint density at radius 1 is 1.18 bits per heavy atom. The van der Waals surface area contributed by atoms with Gasteiger partial charge in [-0.2, -0.15) is 0 Å². The summed E-state index contributed by atoms with van der Waals surface area (Å²) in [5, 5.41) is 0. The van der Waals surface area contributed by atoms with Crippen LogP contribution in [-0.4, -0.2) is 15.0 Å². The lowest BCUT2D eigenvalue weighted by atomic mass is 9.87. The third-order valence-corrected chi connectivity index (χ3v) is 3.88. The summed E-state index contributed by atoms with van der Waals surface area (Å²) >= 11 is 3.40. The smallest absolute Gasteiger partial charge is 0.177 e. The Labute approximate surface area is 138 Å². The van der Waals surface area contributed by atoms with Gasteiger partial charge in [0.25, 0.3) is 0 Å². The Morgan fingerprint density at radius 2 is 1.91 bits per heavy atom. The predicted molar refractivity (Wildman–Crippen MR) is 91.1 cm³/mol. The molecule has 0 aliphatic heterocycles. The van der Waals surface area contributed by atoms with Gasteiger partial charge in [0.05, 0.1) is 5.52 Å². The van der Waals surface area contributed by atoms with Crippen molar-refractivity contribution in [3.8, 4) is 5.75 Å². The monoisotopic (exact) mass is 359 g/mol. The van der Waals surface area contributed by atoms with Gasteiger partial charge in [0.2, 0.25) is 0 Å². The number of aromatic amines is 1. The van der Waals surface area contributed by atoms with Crippen molar-refractivity contribution < 1.29 is 4.74 Å². The average molecular weight is 360 g/mol. The highest BCUT2D eigenvalue weighted by Crippen LogP contribution is 2.24. The van der Waals surface area contributed by atoms with E-state index in [2.05, 4.69) is 63.8 Å². The van der Waals surface area contributed by atoms with Crippen LogP contribution < -0.4 is 4.74 Å². The SMILES string of the molecule is CC(C)(C)c1ccc(OCc2nc3ncc(Br)cc3[nH]2)cc1. The van der Waals surface area contributed by atoms with Crippen LogP contribution in [0, 0.1) is 0 Å². The maximum Gasteiger partial charge on any atom is 0.177 e. The lowest BCUT2D eigenvalue weighted by Gasteiger charge is -2.19. The molecule has 5 heteroatoms. The van der Waals surface area contributed by atoms with Crippen molar-refractivity contribution in [3.05, 3.63) is 52.4 Å². The van der Waals surface area contributed by atoms with Gasteiger partial charge in [-0.15, -0.1) is 0 Å². The number of rotatable bonds is 3. The van der Waals surface area contributed by atoms with Gasteiger partial charge < -0.3 is 9.72 Å². The van der Waals surface area contributed by atoms with Gasteiger partial charge in [0.15, 0.2) is 5.65 Å². The minimum absolute atomic E-state index is 0.149. The van der Waals surface area contributed by atoms with Gasteiger partial charge in [-0.05, 0) is 45.1 Å². The second-order valence-corrected chi connectivity index (χ2v) is 7.19. The van der Waals surface area contributed by atoms with E-state index in [9.17, 15) is 0 Å². The molecule has 114 valence electrons. The standard InChI is InChI=1S/C17H18BrN3O/c1-17(2,3)11-4-6-13(7-5-11)22-10-15-20-14-8-12(18)9-19-16(14)21-15/h4-9H,10H2,1-3H3,(H,19,20,21). The topological polar surface area (TPSA) is 50.8 Å². The number of nitrogens with one attached hydrogen (secondary N) is 1. The summed E-state index contributed by atoms with van der Waals surface area (Å²) in [6.07, 6.45) is 1.74. The summed E-state index contributed by atoms with van der Waals surface area (Å²) in [5.41, 5.74) is 3.04. The highest BCUT2D eigenvalue weighted by atomic mass is 79.9. The number of benzene rings is 1. The molecular formula is C17H18BrN3O. The quantitative estimate of drug-likeness (QED) is 0.743. The first-order valence-corrected chi connectivity index (χ1v) is 7.94. The zero-order valence-corrected chi connectivity index (χ0v) is 14.4. The van der Waals surface area contributed by atoms with Crippen LogP contribution in [-0.2, 0) is 12.0 Å². The van der Waals surface area contributed by atoms with Crippen LogP contribution in [0.3, 0.4) is 0 Å². The molecule has 0 fully saturated rings. The molecule has 0 aliphatic rings. The Balaban J connectivity index is 1.71. The van der Waals surface area contributed by atoms with Gasteiger partial charge in [-0.3, -0.25) is 0 Å². The summed E-state index contributed by atoms with van der Waals surface area (Å²) in [7, 11) is 0. The second kappa shape index (κ2) is 5.72. The number of H-pyrrole nitrogens is 1. The first-order chi connectivity index (χ1) is 10.4. The molecule has 2 heterocycles. The van der Waals surface area contributed by atoms with Crippen LogP contribution in [0.4, 0.5) is 0 Å². The molecule has 0 saturated carbocycles. The minimum atomic E-state index is 0.149. The van der Waals surface area contributed by atoms with E-state index < -0.39 is 0 Å². The number of hydrogen-bond acceptors (Lipinski definition) is 3. The summed E-state index contributed by atoms with van der Waals surface area (Å²) < 4.78 is 6.71. The van der Waals surface area contributed by atoms with E-state index in [0.29, 0.717) is 12.3 Å². The Morgan fingerprint density at radius 3 is 2.59 bits per heavy atom. The van der Waals surface area contributed by atoms with E-state index in [0.717, 1.165) is 21.6 Å². The van der Waals surface area contributed by atoms with Crippen LogP contribution in [0.2, 0.25) is 0 Å². The van der Waals surface area contributed by atoms with Crippen LogP contribution >= 0.6 is 15.9 Å². The lowest BCUT2D eigenvalue weighted by molar-refractivity contribution is 0.297. The third-order valence-electron chi connectivity index (χ3n) is 3.45. The first-order valence-electron chi connectivity index (χ1n) is 7.15. The zero-order chi connectivity index (χ0) is 15.7. The summed E-state index contributed by atoms with van der Waals surface area (Å²) in [6, 6.07) is 10.2. The molecular weight excluding hydrogens is 342 g/mol. The van der Waals surface area contributed by atoms with Crippen molar-refractivity contribution in [1.82, 2.24) is 15.0 Å². The second-order valence-electron chi connectivity index (χ2n) is 6.27. The van der Waals surface area contributed by atoms with Gasteiger partial charge in [-0.1, -0.05) is 32.9 Å². The highest BCUT2D eigenvalue weighted by molar-refractivity contribution is 9.10. The molecule has 0 unspecified atom stereocenters. The fourth-order valence-corrected chi connectivity index (χ4v) is 2.53. The summed E-state index contributed by atoms with van der Waals surface area (Å²) in [6.45, 7) is 6.98. The van der Waals surface area contributed by atoms with Crippen LogP contribution in [0.1, 0.15) is 32.2 Å². The van der Waals surface area contributed by atoms with Gasteiger partial charge in [0.1, 0.15) is 18.2 Å². The fourth-order valence-electron chi connectivity index (χ4n) is 2.20. The van der Waals surface area contributed by atoms with Crippen molar-refractivity contribution in [2.24, 2.45) is 0 Å². The number of fused-ring (bicyclic) bond motifs is 1. The molecule has 22 heavy (non-hydrogen) atoms. The van der Waals surface area contributed by atoms with Gasteiger partial charge in [-0.25, -0.2) is 9.97 Å². The van der Waals surface area contributed by atoms with E-state index in [1.54, 1.807) is 6.20 Å². The van der Waals surface area contributed by atoms with Crippen molar-refractivity contribution in [2.45, 2.75) is 32.8 Å². The largest absolute Gasteiger partial charge is 0.486 e. The van der Waals surface area contributed by atoms with Crippen molar-refractivity contribution >= 4 is 27.1 Å². The summed E-state index contributed by atoms with van der Waals surface area (Å²) in [4.78, 5) is 11.9. The van der Waals surface area contributed by atoms with Crippen LogP contribution in [0.25, 0.3) is 11.2 Å². The van der Waals surface area contributed by atoms with E-state index >= 15 is 0 Å². The normalized spacial score (nSPS) is 11.8. The molecule has 0 amide bonds. The molecule has 0 spiro atoms. The van der Waals surface area contributed by atoms with Crippen molar-refractivity contribution in [2.75, 3.05) is 0 Å². The molecule has 0 aliphatic carbocycles. The molecule has 1 N–H and O–H groups in total. The molecule has 0 radical (unpaired) electrons. The number of nitrogens with zero attached hydrogens (tertiary/aromatic N) is 2. The highest BCUT2D eigenvalue weighted by Gasteiger charge is 2.13. The minimum Gasteiger partial charge on any atom is -0.486 e. The number of pyridine rings is 1. The zero-order valence-electron chi connectivity index (χ0n) is 12.9. The third kappa shape index (κ3) is 3.30. The maximum absolute atomic E-state index is 5.79. The Kier molecular flexibility index (Phi) is 3.91. The number of hydrogen-bond donors (Lipinski definition) is 1. The Bertz CT molecular complexity index is 788.